The summed E-state index contributed by atoms with van der Waals surface area (Å²) in [6.45, 7) is 3.22. The number of hydrogen-bond donors (Lipinski definition) is 0. The van der Waals surface area contributed by atoms with Gasteiger partial charge in [-0.2, -0.15) is 5.26 Å². The molecule has 0 fully saturated rings. The number of nitrogens with one attached hydrogen (secondary N) is 1. The lowest BCUT2D eigenvalue weighted by atomic mass is 10.4. The van der Waals surface area contributed by atoms with E-state index in [9.17, 15) is 0 Å². The van der Waals surface area contributed by atoms with Crippen molar-refractivity contribution in [3.05, 3.63) is 12.7 Å². The number of rotatable bonds is 1. The van der Waals surface area contributed by atoms with Crippen molar-refractivity contribution in [2.75, 3.05) is 0 Å². The molecule has 0 heterocycles. The Morgan fingerprint density at radius 3 is 2.50 bits per heavy atom. The van der Waals surface area contributed by atoms with Gasteiger partial charge in [-0.25, -0.2) is 5.73 Å². The maximum absolute atomic E-state index is 7.83. The van der Waals surface area contributed by atoms with Crippen molar-refractivity contribution in [3.63, 3.8) is 0 Å². The van der Waals surface area contributed by atoms with E-state index in [2.05, 4.69) is 6.58 Å². The Bertz CT molecular complexity index is 80.0. The summed E-state index contributed by atoms with van der Waals surface area (Å²) in [6.07, 6.45) is 1.28. The molecule has 1 atom stereocenters. The standard InChI is InChI=1S/C4H5N2/c1-2-4(6)3-5/h2,4,6H,1H2. The summed E-state index contributed by atoms with van der Waals surface area (Å²) < 4.78 is 0. The van der Waals surface area contributed by atoms with Crippen molar-refractivity contribution in [2.24, 2.45) is 0 Å². The van der Waals surface area contributed by atoms with E-state index in [1.54, 1.807) is 6.07 Å². The van der Waals surface area contributed by atoms with Gasteiger partial charge >= 0.3 is 0 Å². The Morgan fingerprint density at radius 2 is 2.50 bits per heavy atom. The monoisotopic (exact) mass is 81.0 g/mol. The first-order chi connectivity index (χ1) is 2.81. The van der Waals surface area contributed by atoms with Crippen molar-refractivity contribution in [2.45, 2.75) is 6.04 Å². The molecule has 0 rings (SSSR count). The Morgan fingerprint density at radius 1 is 2.00 bits per heavy atom. The van der Waals surface area contributed by atoms with E-state index in [0.29, 0.717) is 0 Å². The minimum atomic E-state index is -0.745. The van der Waals surface area contributed by atoms with Crippen molar-refractivity contribution >= 4 is 0 Å². The van der Waals surface area contributed by atoms with Crippen LogP contribution in [-0.4, -0.2) is 6.04 Å². The van der Waals surface area contributed by atoms with E-state index >= 15 is 0 Å². The highest BCUT2D eigenvalue weighted by Crippen LogP contribution is 1.72. The van der Waals surface area contributed by atoms with Crippen LogP contribution in [0.15, 0.2) is 12.7 Å². The molecule has 31 valence electrons. The van der Waals surface area contributed by atoms with Crippen LogP contribution in [0.4, 0.5) is 0 Å². The lowest BCUT2D eigenvalue weighted by Crippen LogP contribution is -1.96. The molecule has 1 radical (unpaired) electrons. The summed E-state index contributed by atoms with van der Waals surface area (Å²) in [4.78, 5) is 0. The predicted octanol–water partition coefficient (Wildman–Crippen LogP) is 0.347. The average molecular weight is 81.1 g/mol. The van der Waals surface area contributed by atoms with Gasteiger partial charge in [-0.3, -0.25) is 0 Å². The van der Waals surface area contributed by atoms with Crippen molar-refractivity contribution in [3.8, 4) is 6.07 Å². The quantitative estimate of drug-likeness (QED) is 0.420. The van der Waals surface area contributed by atoms with Crippen LogP contribution in [0.3, 0.4) is 0 Å². The average Bonchev–Trinajstić information content (AvgIpc) is 1.65. The molecule has 6 heavy (non-hydrogen) atoms. The largest absolute Gasteiger partial charge is 0.235 e. The van der Waals surface area contributed by atoms with Crippen LogP contribution in [0.1, 0.15) is 0 Å². The van der Waals surface area contributed by atoms with E-state index in [-0.39, 0.29) is 0 Å². The van der Waals surface area contributed by atoms with Crippen LogP contribution >= 0.6 is 0 Å². The molecule has 0 spiro atoms. The second kappa shape index (κ2) is 2.43. The first-order valence-corrected chi connectivity index (χ1v) is 1.54. The van der Waals surface area contributed by atoms with Crippen LogP contribution in [0.2, 0.25) is 0 Å². The summed E-state index contributed by atoms with van der Waals surface area (Å²) in [5.41, 5.74) is 6.59. The zero-order valence-electron chi connectivity index (χ0n) is 3.31. The van der Waals surface area contributed by atoms with E-state index in [4.69, 9.17) is 11.0 Å². The van der Waals surface area contributed by atoms with E-state index in [1.807, 2.05) is 0 Å². The lowest BCUT2D eigenvalue weighted by molar-refractivity contribution is 1.00. The van der Waals surface area contributed by atoms with Crippen LogP contribution < -0.4 is 5.73 Å². The predicted molar refractivity (Wildman–Crippen MR) is 22.7 cm³/mol. The molecule has 0 aromatic rings. The molecular formula is C4H5N2. The second-order valence-electron chi connectivity index (χ2n) is 0.842. The molecule has 0 aliphatic heterocycles. The van der Waals surface area contributed by atoms with Gasteiger partial charge in [0.25, 0.3) is 0 Å². The Kier molecular flexibility index (Phi) is 2.10. The second-order valence-corrected chi connectivity index (χ2v) is 0.842. The van der Waals surface area contributed by atoms with Gasteiger partial charge in [0.2, 0.25) is 0 Å². The summed E-state index contributed by atoms with van der Waals surface area (Å²) >= 11 is 0. The molecule has 1 unspecified atom stereocenters. The van der Waals surface area contributed by atoms with Gasteiger partial charge in [0.1, 0.15) is 6.04 Å². The molecule has 0 aliphatic carbocycles. The van der Waals surface area contributed by atoms with Crippen LogP contribution in [0.5, 0.6) is 0 Å². The molecule has 2 nitrogen and oxygen atoms in total. The number of hydrogen-bond acceptors (Lipinski definition) is 1. The summed E-state index contributed by atoms with van der Waals surface area (Å²) in [7, 11) is 0. The first-order valence-electron chi connectivity index (χ1n) is 1.54. The Hall–Kier alpha value is -0.810. The fourth-order valence-electron chi connectivity index (χ4n) is 0.0527. The Labute approximate surface area is 36.9 Å². The van der Waals surface area contributed by atoms with Crippen LogP contribution in [0, 0.1) is 11.3 Å². The highest BCUT2D eigenvalue weighted by atomic mass is 14.6. The zero-order valence-corrected chi connectivity index (χ0v) is 3.31. The van der Waals surface area contributed by atoms with Crippen LogP contribution in [-0.2, 0) is 0 Å². The van der Waals surface area contributed by atoms with E-state index in [1.165, 1.54) is 6.08 Å². The molecule has 1 N–H and O–H groups in total. The van der Waals surface area contributed by atoms with Gasteiger partial charge in [-0.15, -0.1) is 6.58 Å². The summed E-state index contributed by atoms with van der Waals surface area (Å²) in [5, 5.41) is 7.83. The molecule has 2 heteroatoms. The third kappa shape index (κ3) is 1.50. The van der Waals surface area contributed by atoms with Crippen LogP contribution in [0.25, 0.3) is 0 Å². The molecule has 0 amide bonds. The highest BCUT2D eigenvalue weighted by Gasteiger charge is 1.84. The van der Waals surface area contributed by atoms with Gasteiger partial charge in [-0.05, 0) is 0 Å². The topological polar surface area (TPSA) is 47.6 Å². The normalized spacial score (nSPS) is 12.0. The van der Waals surface area contributed by atoms with Gasteiger partial charge < -0.3 is 0 Å². The first kappa shape index (κ1) is 5.19. The summed E-state index contributed by atoms with van der Waals surface area (Å²) in [6, 6.07) is 0.918. The molecule has 0 saturated heterocycles. The minimum Gasteiger partial charge on any atom is -0.235 e. The van der Waals surface area contributed by atoms with Gasteiger partial charge in [0, 0.05) is 0 Å². The van der Waals surface area contributed by atoms with Crippen molar-refractivity contribution < 1.29 is 0 Å². The molecule has 0 aromatic carbocycles. The maximum atomic E-state index is 7.83. The lowest BCUT2D eigenvalue weighted by Gasteiger charge is -1.80. The van der Waals surface area contributed by atoms with Crippen molar-refractivity contribution in [1.82, 2.24) is 5.73 Å². The Balaban J connectivity index is 3.30. The highest BCUT2D eigenvalue weighted by molar-refractivity contribution is 4.98. The maximum Gasteiger partial charge on any atom is 0.126 e. The molecule has 0 aromatic heterocycles. The molecular weight excluding hydrogens is 76.1 g/mol. The van der Waals surface area contributed by atoms with Gasteiger partial charge in [0.05, 0.1) is 6.07 Å². The minimum absolute atomic E-state index is 0.745. The fraction of sp³-hybridized carbons (Fsp3) is 0.250. The summed E-state index contributed by atoms with van der Waals surface area (Å²) in [5.74, 6) is 0. The SMILES string of the molecule is C=CC([NH])C#N. The van der Waals surface area contributed by atoms with E-state index in [0.717, 1.165) is 0 Å². The van der Waals surface area contributed by atoms with Gasteiger partial charge in [0.15, 0.2) is 0 Å². The fourth-order valence-corrected chi connectivity index (χ4v) is 0.0527. The van der Waals surface area contributed by atoms with E-state index < -0.39 is 6.04 Å². The van der Waals surface area contributed by atoms with Crippen molar-refractivity contribution in [1.29, 1.82) is 5.26 Å². The molecule has 0 aliphatic rings. The molecule has 0 bridgehead atoms. The van der Waals surface area contributed by atoms with Gasteiger partial charge in [-0.1, -0.05) is 6.08 Å². The third-order valence-corrected chi connectivity index (χ3v) is 0.375. The number of nitriles is 1. The third-order valence-electron chi connectivity index (χ3n) is 0.375. The zero-order chi connectivity index (χ0) is 4.99. The smallest absolute Gasteiger partial charge is 0.126 e. The molecule has 0 saturated carbocycles. The number of nitrogens with zero attached hydrogens (tertiary/aromatic N) is 1.